The quantitative estimate of drug-likeness (QED) is 0.645. The molecule has 94 valence electrons. The van der Waals surface area contributed by atoms with Crippen LogP contribution in [0.2, 0.25) is 5.02 Å². The van der Waals surface area contributed by atoms with Gasteiger partial charge >= 0.3 is 5.97 Å². The molecule has 0 aliphatic rings. The van der Waals surface area contributed by atoms with Crippen LogP contribution in [0, 0.1) is 0 Å². The lowest BCUT2D eigenvalue weighted by Gasteiger charge is -2.07. The normalized spacial score (nSPS) is 10.1. The maximum absolute atomic E-state index is 11.1. The summed E-state index contributed by atoms with van der Waals surface area (Å²) in [6, 6.07) is 1.77. The van der Waals surface area contributed by atoms with Crippen molar-refractivity contribution in [1.82, 2.24) is 4.98 Å². The van der Waals surface area contributed by atoms with E-state index in [-0.39, 0.29) is 5.97 Å². The molecule has 6 heteroatoms. The zero-order valence-electron chi connectivity index (χ0n) is 9.50. The Labute approximate surface area is 114 Å². The third kappa shape index (κ3) is 5.37. The summed E-state index contributed by atoms with van der Waals surface area (Å²) in [4.78, 5) is 15.2. The molecule has 1 N–H and O–H groups in total. The number of rotatable bonds is 6. The van der Waals surface area contributed by atoms with Gasteiger partial charge < -0.3 is 10.1 Å². The molecule has 0 spiro atoms. The molecule has 0 saturated carbocycles. The van der Waals surface area contributed by atoms with E-state index in [1.165, 1.54) is 0 Å². The zero-order valence-corrected chi connectivity index (χ0v) is 11.8. The zero-order chi connectivity index (χ0) is 12.7. The topological polar surface area (TPSA) is 51.2 Å². The predicted octanol–water partition coefficient (Wildman–Crippen LogP) is 3.25. The Kier molecular flexibility index (Phi) is 6.29. The molecule has 1 aromatic heterocycles. The van der Waals surface area contributed by atoms with Crippen molar-refractivity contribution < 1.29 is 9.53 Å². The van der Waals surface area contributed by atoms with Gasteiger partial charge in [0.1, 0.15) is 5.82 Å². The predicted molar refractivity (Wildman–Crippen MR) is 71.3 cm³/mol. The lowest BCUT2D eigenvalue weighted by Crippen LogP contribution is -2.09. The van der Waals surface area contributed by atoms with Gasteiger partial charge in [0, 0.05) is 19.2 Å². The molecule has 0 amide bonds. The van der Waals surface area contributed by atoms with Crippen molar-refractivity contribution in [3.63, 3.8) is 0 Å². The molecule has 0 unspecified atom stereocenters. The number of ether oxygens (including phenoxy) is 1. The van der Waals surface area contributed by atoms with E-state index in [0.717, 1.165) is 10.3 Å². The second-order valence-corrected chi connectivity index (χ2v) is 4.61. The van der Waals surface area contributed by atoms with E-state index in [1.807, 2.05) is 0 Å². The van der Waals surface area contributed by atoms with Crippen LogP contribution in [0.3, 0.4) is 0 Å². The van der Waals surface area contributed by atoms with Crippen molar-refractivity contribution in [1.29, 1.82) is 0 Å². The molecule has 1 rings (SSSR count). The van der Waals surface area contributed by atoms with Gasteiger partial charge in [0.05, 0.1) is 16.1 Å². The number of aromatic nitrogens is 1. The number of hydrogen-bond donors (Lipinski definition) is 1. The van der Waals surface area contributed by atoms with E-state index in [1.54, 1.807) is 19.2 Å². The minimum absolute atomic E-state index is 0.169. The first-order valence-corrected chi connectivity index (χ1v) is 6.51. The highest BCUT2D eigenvalue weighted by Crippen LogP contribution is 2.22. The van der Waals surface area contributed by atoms with Gasteiger partial charge in [0.15, 0.2) is 0 Å². The average molecular weight is 322 g/mol. The maximum atomic E-state index is 11.1. The van der Waals surface area contributed by atoms with Gasteiger partial charge in [-0.25, -0.2) is 4.98 Å². The van der Waals surface area contributed by atoms with Gasteiger partial charge in [-0.05, 0) is 35.3 Å². The number of carbonyl (C=O) groups excluding carboxylic acids is 1. The molecule has 4 nitrogen and oxygen atoms in total. The summed E-state index contributed by atoms with van der Waals surface area (Å²) in [6.07, 6.45) is 2.68. The van der Waals surface area contributed by atoms with Crippen molar-refractivity contribution in [2.45, 2.75) is 19.8 Å². The van der Waals surface area contributed by atoms with Crippen LogP contribution in [0.15, 0.2) is 16.7 Å². The number of nitrogens with zero attached hydrogens (tertiary/aromatic N) is 1. The molecular weight excluding hydrogens is 307 g/mol. The summed E-state index contributed by atoms with van der Waals surface area (Å²) < 4.78 is 5.63. The number of nitrogens with one attached hydrogen (secondary N) is 1. The van der Waals surface area contributed by atoms with E-state index in [9.17, 15) is 4.79 Å². The third-order valence-corrected chi connectivity index (χ3v) is 2.77. The Bertz CT molecular complexity index is 388. The fourth-order valence-electron chi connectivity index (χ4n) is 1.22. The molecule has 0 fully saturated rings. The average Bonchev–Trinajstić information content (AvgIpc) is 2.27. The molecule has 17 heavy (non-hydrogen) atoms. The first-order chi connectivity index (χ1) is 8.13. The number of esters is 1. The molecular formula is C11H14BrClN2O2. The van der Waals surface area contributed by atoms with E-state index in [4.69, 9.17) is 16.3 Å². The number of halogens is 2. The molecule has 0 saturated heterocycles. The Hall–Kier alpha value is -0.810. The van der Waals surface area contributed by atoms with E-state index >= 15 is 0 Å². The van der Waals surface area contributed by atoms with Crippen LogP contribution < -0.4 is 5.32 Å². The van der Waals surface area contributed by atoms with Gasteiger partial charge in [0.25, 0.3) is 0 Å². The van der Waals surface area contributed by atoms with Crippen molar-refractivity contribution in [3.8, 4) is 0 Å². The summed E-state index contributed by atoms with van der Waals surface area (Å²) >= 11 is 9.13. The highest BCUT2D eigenvalue weighted by Gasteiger charge is 2.03. The minimum atomic E-state index is -0.169. The highest BCUT2D eigenvalue weighted by molar-refractivity contribution is 9.10. The fourth-order valence-corrected chi connectivity index (χ4v) is 2.00. The minimum Gasteiger partial charge on any atom is -0.466 e. The smallest absolute Gasteiger partial charge is 0.305 e. The SMILES string of the molecule is CCOC(=O)CCCNc1ncc(Cl)cc1Br. The van der Waals surface area contributed by atoms with Gasteiger partial charge in [-0.15, -0.1) is 0 Å². The molecule has 0 aromatic carbocycles. The van der Waals surface area contributed by atoms with Crippen LogP contribution in [-0.4, -0.2) is 24.1 Å². The van der Waals surface area contributed by atoms with Crippen molar-refractivity contribution >= 4 is 39.3 Å². The molecule has 1 heterocycles. The van der Waals surface area contributed by atoms with Crippen LogP contribution >= 0.6 is 27.5 Å². The third-order valence-electron chi connectivity index (χ3n) is 1.96. The molecule has 0 bridgehead atoms. The van der Waals surface area contributed by atoms with Crippen molar-refractivity contribution in [2.24, 2.45) is 0 Å². The maximum Gasteiger partial charge on any atom is 0.305 e. The standard InChI is InChI=1S/C11H14BrClN2O2/c1-2-17-10(16)4-3-5-14-11-9(12)6-8(13)7-15-11/h6-7H,2-5H2,1H3,(H,14,15). The lowest BCUT2D eigenvalue weighted by atomic mass is 10.3. The monoisotopic (exact) mass is 320 g/mol. The molecule has 0 atom stereocenters. The summed E-state index contributed by atoms with van der Waals surface area (Å²) in [5.41, 5.74) is 0. The van der Waals surface area contributed by atoms with Crippen LogP contribution in [-0.2, 0) is 9.53 Å². The van der Waals surface area contributed by atoms with E-state index in [2.05, 4.69) is 26.2 Å². The summed E-state index contributed by atoms with van der Waals surface area (Å²) in [5, 5.41) is 3.69. The van der Waals surface area contributed by atoms with Crippen molar-refractivity contribution in [3.05, 3.63) is 21.8 Å². The fraction of sp³-hybridized carbons (Fsp3) is 0.455. The van der Waals surface area contributed by atoms with Crippen LogP contribution in [0.5, 0.6) is 0 Å². The van der Waals surface area contributed by atoms with Gasteiger partial charge in [0.2, 0.25) is 0 Å². The highest BCUT2D eigenvalue weighted by atomic mass is 79.9. The number of pyridine rings is 1. The van der Waals surface area contributed by atoms with E-state index in [0.29, 0.717) is 31.0 Å². The van der Waals surface area contributed by atoms with Crippen LogP contribution in [0.1, 0.15) is 19.8 Å². The van der Waals surface area contributed by atoms with Gasteiger partial charge in [-0.1, -0.05) is 11.6 Å². The van der Waals surface area contributed by atoms with Gasteiger partial charge in [-0.3, -0.25) is 4.79 Å². The summed E-state index contributed by atoms with van der Waals surface area (Å²) in [5.74, 6) is 0.552. The second kappa shape index (κ2) is 7.50. The Balaban J connectivity index is 2.29. The first-order valence-electron chi connectivity index (χ1n) is 5.34. The summed E-state index contributed by atoms with van der Waals surface area (Å²) in [7, 11) is 0. The Morgan fingerprint density at radius 3 is 3.06 bits per heavy atom. The summed E-state index contributed by atoms with van der Waals surface area (Å²) in [6.45, 7) is 2.88. The molecule has 0 aliphatic carbocycles. The van der Waals surface area contributed by atoms with Crippen LogP contribution in [0.25, 0.3) is 0 Å². The Morgan fingerprint density at radius 1 is 1.65 bits per heavy atom. The molecule has 1 aromatic rings. The number of anilines is 1. The second-order valence-electron chi connectivity index (χ2n) is 3.32. The van der Waals surface area contributed by atoms with Gasteiger partial charge in [-0.2, -0.15) is 0 Å². The largest absolute Gasteiger partial charge is 0.466 e. The molecule has 0 aliphatic heterocycles. The number of carbonyl (C=O) groups is 1. The Morgan fingerprint density at radius 2 is 2.41 bits per heavy atom. The number of hydrogen-bond acceptors (Lipinski definition) is 4. The molecule has 0 radical (unpaired) electrons. The first kappa shape index (κ1) is 14.3. The van der Waals surface area contributed by atoms with Crippen LogP contribution in [0.4, 0.5) is 5.82 Å². The van der Waals surface area contributed by atoms with E-state index < -0.39 is 0 Å². The lowest BCUT2D eigenvalue weighted by molar-refractivity contribution is -0.143. The van der Waals surface area contributed by atoms with Crippen molar-refractivity contribution in [2.75, 3.05) is 18.5 Å².